The molecule has 0 spiro atoms. The molecule has 0 aromatic rings. The summed E-state index contributed by atoms with van der Waals surface area (Å²) in [5, 5.41) is 21.0. The second kappa shape index (κ2) is 4.80. The van der Waals surface area contributed by atoms with Crippen molar-refractivity contribution in [2.45, 2.75) is 77.4 Å². The van der Waals surface area contributed by atoms with Gasteiger partial charge in [-0.2, -0.15) is 0 Å². The van der Waals surface area contributed by atoms with Crippen molar-refractivity contribution in [3.8, 4) is 0 Å². The van der Waals surface area contributed by atoms with E-state index in [2.05, 4.69) is 13.8 Å². The number of aliphatic hydroxyl groups excluding tert-OH is 2. The molecule has 4 saturated carbocycles. The number of carbonyl (C=O) groups excluding carboxylic acids is 1. The van der Waals surface area contributed by atoms with E-state index >= 15 is 0 Å². The van der Waals surface area contributed by atoms with Crippen LogP contribution in [0.5, 0.6) is 0 Å². The third kappa shape index (κ3) is 1.84. The zero-order chi connectivity index (χ0) is 15.7. The fraction of sp³-hybridized carbons (Fsp3) is 0.947. The molecule has 0 heterocycles. The van der Waals surface area contributed by atoms with Gasteiger partial charge in [0.15, 0.2) is 0 Å². The average Bonchev–Trinajstić information content (AvgIpc) is 2.75. The van der Waals surface area contributed by atoms with Crippen LogP contribution in [0.1, 0.15) is 65.2 Å². The Kier molecular flexibility index (Phi) is 3.30. The summed E-state index contributed by atoms with van der Waals surface area (Å²) in [5.41, 5.74) is -0.105. The predicted octanol–water partition coefficient (Wildman–Crippen LogP) is 2.93. The van der Waals surface area contributed by atoms with Crippen LogP contribution in [-0.2, 0) is 4.79 Å². The lowest BCUT2D eigenvalue weighted by molar-refractivity contribution is -0.175. The highest BCUT2D eigenvalue weighted by Crippen LogP contribution is 2.65. The van der Waals surface area contributed by atoms with Crippen molar-refractivity contribution < 1.29 is 15.0 Å². The first-order chi connectivity index (χ1) is 10.4. The van der Waals surface area contributed by atoms with E-state index in [4.69, 9.17) is 0 Å². The molecule has 8 atom stereocenters. The van der Waals surface area contributed by atoms with E-state index in [0.29, 0.717) is 35.9 Å². The molecule has 4 rings (SSSR count). The maximum Gasteiger partial charge on any atom is 0.139 e. The van der Waals surface area contributed by atoms with Gasteiger partial charge in [-0.05, 0) is 74.0 Å². The molecule has 0 radical (unpaired) electrons. The van der Waals surface area contributed by atoms with Gasteiger partial charge in [0.05, 0.1) is 12.2 Å². The van der Waals surface area contributed by atoms with Crippen molar-refractivity contribution in [3.63, 3.8) is 0 Å². The molecule has 4 aliphatic rings. The molecular formula is C19H30O3. The number of hydrogen-bond acceptors (Lipinski definition) is 3. The lowest BCUT2D eigenvalue weighted by Gasteiger charge is -2.61. The monoisotopic (exact) mass is 306 g/mol. The summed E-state index contributed by atoms with van der Waals surface area (Å²) < 4.78 is 0. The van der Waals surface area contributed by atoms with Crippen LogP contribution in [0.2, 0.25) is 0 Å². The Labute approximate surface area is 133 Å². The van der Waals surface area contributed by atoms with Gasteiger partial charge in [0.1, 0.15) is 5.78 Å². The van der Waals surface area contributed by atoms with Crippen LogP contribution < -0.4 is 0 Å². The molecular weight excluding hydrogens is 276 g/mol. The van der Waals surface area contributed by atoms with Crippen LogP contribution >= 0.6 is 0 Å². The maximum absolute atomic E-state index is 12.4. The summed E-state index contributed by atoms with van der Waals surface area (Å²) in [6, 6.07) is 0. The molecule has 0 amide bonds. The Morgan fingerprint density at radius 1 is 1.09 bits per heavy atom. The predicted molar refractivity (Wildman–Crippen MR) is 84.1 cm³/mol. The highest BCUT2D eigenvalue weighted by Gasteiger charge is 2.63. The molecule has 4 aliphatic carbocycles. The fourth-order valence-corrected chi connectivity index (χ4v) is 7.13. The number of hydrogen-bond donors (Lipinski definition) is 2. The van der Waals surface area contributed by atoms with Crippen LogP contribution in [0.3, 0.4) is 0 Å². The number of ketones is 1. The smallest absolute Gasteiger partial charge is 0.139 e. The summed E-state index contributed by atoms with van der Waals surface area (Å²) >= 11 is 0. The molecule has 2 N–H and O–H groups in total. The van der Waals surface area contributed by atoms with Crippen LogP contribution in [0.15, 0.2) is 0 Å². The van der Waals surface area contributed by atoms with Gasteiger partial charge >= 0.3 is 0 Å². The third-order valence-electron chi connectivity index (χ3n) is 8.28. The minimum Gasteiger partial charge on any atom is -0.393 e. The van der Waals surface area contributed by atoms with E-state index in [1.807, 2.05) is 0 Å². The van der Waals surface area contributed by atoms with Crippen LogP contribution in [0.25, 0.3) is 0 Å². The second-order valence-corrected chi connectivity index (χ2v) is 9.16. The summed E-state index contributed by atoms with van der Waals surface area (Å²) in [6.45, 7) is 4.48. The number of carbonyl (C=O) groups is 1. The molecule has 3 nitrogen and oxygen atoms in total. The Hall–Kier alpha value is -0.410. The minimum absolute atomic E-state index is 0.145. The van der Waals surface area contributed by atoms with E-state index in [9.17, 15) is 15.0 Å². The zero-order valence-electron chi connectivity index (χ0n) is 13.9. The van der Waals surface area contributed by atoms with Crippen LogP contribution in [0, 0.1) is 34.5 Å². The van der Waals surface area contributed by atoms with Crippen LogP contribution in [-0.4, -0.2) is 28.2 Å². The Balaban J connectivity index is 1.69. The quantitative estimate of drug-likeness (QED) is 0.723. The molecule has 0 aromatic carbocycles. The Morgan fingerprint density at radius 2 is 1.86 bits per heavy atom. The molecule has 0 aliphatic heterocycles. The van der Waals surface area contributed by atoms with E-state index in [-0.39, 0.29) is 23.0 Å². The first kappa shape index (κ1) is 15.1. The van der Waals surface area contributed by atoms with Crippen molar-refractivity contribution in [1.29, 1.82) is 0 Å². The summed E-state index contributed by atoms with van der Waals surface area (Å²) in [7, 11) is 0. The van der Waals surface area contributed by atoms with E-state index in [1.165, 1.54) is 6.42 Å². The maximum atomic E-state index is 12.4. The van der Waals surface area contributed by atoms with Gasteiger partial charge in [-0.3, -0.25) is 4.79 Å². The van der Waals surface area contributed by atoms with Crippen molar-refractivity contribution in [2.24, 2.45) is 34.5 Å². The number of aliphatic hydroxyl groups is 2. The highest BCUT2D eigenvalue weighted by molar-refractivity contribution is 5.87. The molecule has 0 saturated heterocycles. The van der Waals surface area contributed by atoms with Gasteiger partial charge in [0.2, 0.25) is 0 Å². The normalized spacial score (nSPS) is 57.9. The van der Waals surface area contributed by atoms with E-state index in [1.54, 1.807) is 0 Å². The number of rotatable bonds is 0. The number of Topliss-reactive ketones (excluding diaryl/α,β-unsaturated/α-hetero) is 1. The van der Waals surface area contributed by atoms with Crippen molar-refractivity contribution in [1.82, 2.24) is 0 Å². The third-order valence-corrected chi connectivity index (χ3v) is 8.28. The fourth-order valence-electron chi connectivity index (χ4n) is 7.13. The van der Waals surface area contributed by atoms with Gasteiger partial charge < -0.3 is 10.2 Å². The Morgan fingerprint density at radius 3 is 2.64 bits per heavy atom. The molecule has 0 aromatic heterocycles. The molecule has 3 heteroatoms. The SMILES string of the molecule is C[C@]12CC[C@@H](O)C[C@@H]1CC[C@@H]1[C@@H]2[C@@H](O)C[C@]2(C)C(=O)CC[C@@H]12. The minimum atomic E-state index is -0.337. The van der Waals surface area contributed by atoms with Crippen molar-refractivity contribution >= 4 is 5.78 Å². The standard InChI is InChI=1S/C19H30O3/c1-18-8-7-12(20)9-11(18)3-4-13-14-5-6-16(22)19(14,2)10-15(21)17(13)18/h11-15,17,20-21H,3-10H2,1-2H3/t11-,12+,13-,14-,15-,17+,18-,19-/m0/s1. The first-order valence-corrected chi connectivity index (χ1v) is 9.25. The first-order valence-electron chi connectivity index (χ1n) is 9.25. The van der Waals surface area contributed by atoms with Gasteiger partial charge in [0, 0.05) is 11.8 Å². The molecule has 0 unspecified atom stereocenters. The summed E-state index contributed by atoms with van der Waals surface area (Å²) in [4.78, 5) is 12.4. The topological polar surface area (TPSA) is 57.5 Å². The van der Waals surface area contributed by atoms with Gasteiger partial charge in [-0.25, -0.2) is 0 Å². The van der Waals surface area contributed by atoms with Crippen molar-refractivity contribution in [3.05, 3.63) is 0 Å². The van der Waals surface area contributed by atoms with Crippen LogP contribution in [0.4, 0.5) is 0 Å². The molecule has 22 heavy (non-hydrogen) atoms. The number of fused-ring (bicyclic) bond motifs is 5. The second-order valence-electron chi connectivity index (χ2n) is 9.16. The van der Waals surface area contributed by atoms with Crippen molar-refractivity contribution in [2.75, 3.05) is 0 Å². The lowest BCUT2D eigenvalue weighted by Crippen LogP contribution is -2.59. The summed E-state index contributed by atoms with van der Waals surface area (Å²) in [5.74, 6) is 2.27. The Bertz CT molecular complexity index is 489. The van der Waals surface area contributed by atoms with Gasteiger partial charge in [-0.15, -0.1) is 0 Å². The molecule has 0 bridgehead atoms. The summed E-state index contributed by atoms with van der Waals surface area (Å²) in [6.07, 6.45) is 7.08. The van der Waals surface area contributed by atoms with E-state index in [0.717, 1.165) is 38.5 Å². The van der Waals surface area contributed by atoms with Gasteiger partial charge in [0.25, 0.3) is 0 Å². The lowest BCUT2D eigenvalue weighted by atomic mass is 9.44. The van der Waals surface area contributed by atoms with Gasteiger partial charge in [-0.1, -0.05) is 13.8 Å². The highest BCUT2D eigenvalue weighted by atomic mass is 16.3. The zero-order valence-corrected chi connectivity index (χ0v) is 13.9. The molecule has 4 fully saturated rings. The van der Waals surface area contributed by atoms with E-state index < -0.39 is 0 Å². The molecule has 124 valence electrons. The average molecular weight is 306 g/mol. The largest absolute Gasteiger partial charge is 0.393 e.